The number of rotatable bonds is 2. The number of benzene rings is 2. The second-order valence-corrected chi connectivity index (χ2v) is 5.64. The topological polar surface area (TPSA) is 20.2 Å². The van der Waals surface area contributed by atoms with Gasteiger partial charge in [-0.15, -0.1) is 0 Å². The van der Waals surface area contributed by atoms with Crippen LogP contribution in [0.3, 0.4) is 0 Å². The van der Waals surface area contributed by atoms with Crippen molar-refractivity contribution in [2.75, 3.05) is 0 Å². The van der Waals surface area contributed by atoms with Crippen molar-refractivity contribution in [2.45, 2.75) is 31.8 Å². The Morgan fingerprint density at radius 1 is 0.773 bits per heavy atom. The molecule has 1 N–H and O–H groups in total. The molecule has 0 fully saturated rings. The molecule has 1 aliphatic carbocycles. The fraction of sp³-hybridized carbons (Fsp3) is 0.238. The zero-order valence-corrected chi connectivity index (χ0v) is 12.6. The molecule has 0 heterocycles. The number of aliphatic hydroxyl groups excluding tert-OH is 1. The normalized spacial score (nSPS) is 15.9. The minimum atomic E-state index is -0.526. The summed E-state index contributed by atoms with van der Waals surface area (Å²) < 4.78 is 0. The summed E-state index contributed by atoms with van der Waals surface area (Å²) in [4.78, 5) is 0. The third-order valence-electron chi connectivity index (χ3n) is 4.09. The molecule has 1 unspecified atom stereocenters. The van der Waals surface area contributed by atoms with Gasteiger partial charge in [-0.1, -0.05) is 60.4 Å². The van der Waals surface area contributed by atoms with E-state index >= 15 is 0 Å². The Balaban J connectivity index is 1.92. The van der Waals surface area contributed by atoms with E-state index < -0.39 is 6.10 Å². The van der Waals surface area contributed by atoms with Crippen LogP contribution in [0, 0.1) is 11.8 Å². The Morgan fingerprint density at radius 3 is 2.14 bits per heavy atom. The predicted octanol–water partition coefficient (Wildman–Crippen LogP) is 4.64. The van der Waals surface area contributed by atoms with E-state index in [1.807, 2.05) is 60.7 Å². The maximum Gasteiger partial charge on any atom is 0.101 e. The molecule has 22 heavy (non-hydrogen) atoms. The van der Waals surface area contributed by atoms with Gasteiger partial charge in [0.05, 0.1) is 0 Å². The predicted molar refractivity (Wildman–Crippen MR) is 90.2 cm³/mol. The van der Waals surface area contributed by atoms with Crippen LogP contribution in [0.5, 0.6) is 0 Å². The molecule has 1 nitrogen and oxygen atoms in total. The van der Waals surface area contributed by atoms with Crippen LogP contribution in [0.1, 0.15) is 42.9 Å². The van der Waals surface area contributed by atoms with Crippen molar-refractivity contribution in [2.24, 2.45) is 0 Å². The van der Waals surface area contributed by atoms with Crippen LogP contribution in [0.4, 0.5) is 0 Å². The first-order valence-electron chi connectivity index (χ1n) is 7.86. The Hall–Kier alpha value is -2.30. The van der Waals surface area contributed by atoms with Gasteiger partial charge in [-0.25, -0.2) is 0 Å². The van der Waals surface area contributed by atoms with E-state index in [0.717, 1.165) is 48.0 Å². The van der Waals surface area contributed by atoms with Gasteiger partial charge in [-0.05, 0) is 49.0 Å². The van der Waals surface area contributed by atoms with Gasteiger partial charge in [0, 0.05) is 11.1 Å². The molecule has 0 aliphatic heterocycles. The third-order valence-corrected chi connectivity index (χ3v) is 4.09. The van der Waals surface area contributed by atoms with E-state index in [2.05, 4.69) is 11.8 Å². The molecule has 1 atom stereocenters. The third kappa shape index (κ3) is 3.47. The van der Waals surface area contributed by atoms with Crippen molar-refractivity contribution >= 4 is 0 Å². The Morgan fingerprint density at radius 2 is 1.41 bits per heavy atom. The molecular weight excluding hydrogens is 268 g/mol. The van der Waals surface area contributed by atoms with Crippen molar-refractivity contribution in [3.63, 3.8) is 0 Å². The van der Waals surface area contributed by atoms with Gasteiger partial charge in [0.25, 0.3) is 0 Å². The zero-order valence-electron chi connectivity index (χ0n) is 12.6. The quantitative estimate of drug-likeness (QED) is 0.798. The number of allylic oxidation sites excluding steroid dienone is 1. The fourth-order valence-electron chi connectivity index (χ4n) is 2.88. The van der Waals surface area contributed by atoms with Crippen LogP contribution in [-0.2, 0) is 0 Å². The summed E-state index contributed by atoms with van der Waals surface area (Å²) in [5.41, 5.74) is 4.19. The molecule has 2 aromatic rings. The summed E-state index contributed by atoms with van der Waals surface area (Å²) in [5.74, 6) is 6.54. The van der Waals surface area contributed by atoms with Gasteiger partial charge in [0.1, 0.15) is 6.10 Å². The number of hydrogen-bond acceptors (Lipinski definition) is 1. The highest BCUT2D eigenvalue weighted by molar-refractivity contribution is 5.45. The first-order valence-corrected chi connectivity index (χ1v) is 7.86. The summed E-state index contributed by atoms with van der Waals surface area (Å²) in [6.07, 6.45) is 3.68. The van der Waals surface area contributed by atoms with Crippen molar-refractivity contribution < 1.29 is 5.11 Å². The number of aliphatic hydroxyl groups is 1. The lowest BCUT2D eigenvalue weighted by Crippen LogP contribution is -2.08. The van der Waals surface area contributed by atoms with Crippen molar-refractivity contribution in [3.8, 4) is 11.8 Å². The average Bonchev–Trinajstić information content (AvgIpc) is 2.61. The summed E-state index contributed by atoms with van der Waals surface area (Å²) in [6, 6.07) is 19.9. The molecule has 0 spiro atoms. The molecule has 110 valence electrons. The molecular formula is C21H20O. The molecule has 2 aromatic carbocycles. The molecule has 0 aromatic heterocycles. The van der Waals surface area contributed by atoms with Crippen molar-refractivity contribution in [1.29, 1.82) is 0 Å². The highest BCUT2D eigenvalue weighted by Crippen LogP contribution is 2.33. The zero-order chi connectivity index (χ0) is 15.2. The molecule has 1 heteroatoms. The Bertz CT molecular complexity index is 702. The van der Waals surface area contributed by atoms with Crippen LogP contribution in [0.15, 0.2) is 71.8 Å². The van der Waals surface area contributed by atoms with Crippen LogP contribution < -0.4 is 0 Å². The minimum Gasteiger partial charge on any atom is -0.384 e. The van der Waals surface area contributed by atoms with Crippen LogP contribution >= 0.6 is 0 Å². The first-order chi connectivity index (χ1) is 10.8. The molecule has 3 rings (SSSR count). The second-order valence-electron chi connectivity index (χ2n) is 5.64. The van der Waals surface area contributed by atoms with Crippen LogP contribution in [0.2, 0.25) is 0 Å². The average molecular weight is 288 g/mol. The molecule has 0 amide bonds. The fourth-order valence-corrected chi connectivity index (χ4v) is 2.88. The summed E-state index contributed by atoms with van der Waals surface area (Å²) in [7, 11) is 0. The van der Waals surface area contributed by atoms with E-state index in [4.69, 9.17) is 0 Å². The smallest absolute Gasteiger partial charge is 0.101 e. The minimum absolute atomic E-state index is 0.526. The maximum absolute atomic E-state index is 10.7. The SMILES string of the molecule is OC(C1=C(C#Cc2ccccc2)CCCC1)c1ccccc1. The van der Waals surface area contributed by atoms with Gasteiger partial charge in [-0.2, -0.15) is 0 Å². The van der Waals surface area contributed by atoms with Gasteiger partial charge < -0.3 is 5.11 Å². The summed E-state index contributed by atoms with van der Waals surface area (Å²) in [5, 5.41) is 10.7. The standard InChI is InChI=1S/C21H20O/c22-21(19-12-5-2-6-13-19)20-14-8-7-11-18(20)16-15-17-9-3-1-4-10-17/h1-6,9-10,12-13,21-22H,7-8,11,14H2. The summed E-state index contributed by atoms with van der Waals surface area (Å²) in [6.45, 7) is 0. The highest BCUT2D eigenvalue weighted by Gasteiger charge is 2.19. The largest absolute Gasteiger partial charge is 0.384 e. The monoisotopic (exact) mass is 288 g/mol. The van der Waals surface area contributed by atoms with Gasteiger partial charge in [-0.3, -0.25) is 0 Å². The van der Waals surface area contributed by atoms with E-state index in [0.29, 0.717) is 0 Å². The van der Waals surface area contributed by atoms with Crippen molar-refractivity contribution in [3.05, 3.63) is 82.9 Å². The maximum atomic E-state index is 10.7. The van der Waals surface area contributed by atoms with E-state index in [1.165, 1.54) is 0 Å². The van der Waals surface area contributed by atoms with E-state index in [9.17, 15) is 5.11 Å². The highest BCUT2D eigenvalue weighted by atomic mass is 16.3. The summed E-state index contributed by atoms with van der Waals surface area (Å²) >= 11 is 0. The van der Waals surface area contributed by atoms with E-state index in [1.54, 1.807) is 0 Å². The Labute approximate surface area is 132 Å². The van der Waals surface area contributed by atoms with Crippen LogP contribution in [-0.4, -0.2) is 5.11 Å². The first kappa shape index (κ1) is 14.6. The van der Waals surface area contributed by atoms with Crippen molar-refractivity contribution in [1.82, 2.24) is 0 Å². The van der Waals surface area contributed by atoms with Gasteiger partial charge >= 0.3 is 0 Å². The lowest BCUT2D eigenvalue weighted by Gasteiger charge is -2.22. The number of hydrogen-bond donors (Lipinski definition) is 1. The molecule has 0 bridgehead atoms. The Kier molecular flexibility index (Phi) is 4.73. The second kappa shape index (κ2) is 7.11. The van der Waals surface area contributed by atoms with E-state index in [-0.39, 0.29) is 0 Å². The van der Waals surface area contributed by atoms with Gasteiger partial charge in [0.15, 0.2) is 0 Å². The van der Waals surface area contributed by atoms with Gasteiger partial charge in [0.2, 0.25) is 0 Å². The molecule has 0 saturated heterocycles. The lowest BCUT2D eigenvalue weighted by atomic mass is 9.86. The molecule has 1 aliphatic rings. The molecule has 0 radical (unpaired) electrons. The lowest BCUT2D eigenvalue weighted by molar-refractivity contribution is 0.207. The molecule has 0 saturated carbocycles. The van der Waals surface area contributed by atoms with Crippen LogP contribution in [0.25, 0.3) is 0 Å².